The Hall–Kier alpha value is -2.44. The molecule has 0 heterocycles. The van der Waals surface area contributed by atoms with Gasteiger partial charge >= 0.3 is 11.9 Å². The van der Waals surface area contributed by atoms with Crippen LogP contribution >= 0.6 is 0 Å². The summed E-state index contributed by atoms with van der Waals surface area (Å²) in [7, 11) is 2.72. The van der Waals surface area contributed by atoms with Gasteiger partial charge in [-0.15, -0.1) is 0 Å². The molecule has 1 rings (SSSR count). The Bertz CT molecular complexity index is 470. The molecule has 1 aromatic rings. The lowest BCUT2D eigenvalue weighted by molar-refractivity contribution is -0.145. The first kappa shape index (κ1) is 15.6. The molecule has 0 aromatic heterocycles. The van der Waals surface area contributed by atoms with Crippen LogP contribution in [0, 0.1) is 0 Å². The van der Waals surface area contributed by atoms with Crippen LogP contribution in [-0.4, -0.2) is 44.5 Å². The van der Waals surface area contributed by atoms with Gasteiger partial charge in [0.1, 0.15) is 0 Å². The molecule has 7 nitrogen and oxygen atoms in total. The maximum atomic E-state index is 11.3. The van der Waals surface area contributed by atoms with Gasteiger partial charge in [-0.1, -0.05) is 0 Å². The van der Waals surface area contributed by atoms with Gasteiger partial charge in [-0.3, -0.25) is 0 Å². The van der Waals surface area contributed by atoms with E-state index in [9.17, 15) is 9.59 Å². The van der Waals surface area contributed by atoms with E-state index in [2.05, 4.69) is 0 Å². The number of carbonyl (C=O) groups is 2. The van der Waals surface area contributed by atoms with Crippen molar-refractivity contribution in [1.29, 1.82) is 0 Å². The van der Waals surface area contributed by atoms with Crippen molar-refractivity contribution in [1.82, 2.24) is 0 Å². The lowest BCUT2D eigenvalue weighted by Gasteiger charge is -2.14. The third kappa shape index (κ3) is 3.78. The van der Waals surface area contributed by atoms with Crippen molar-refractivity contribution >= 4 is 11.9 Å². The third-order valence-electron chi connectivity index (χ3n) is 2.35. The van der Waals surface area contributed by atoms with Gasteiger partial charge in [-0.05, 0) is 19.1 Å². The molecule has 0 radical (unpaired) electrons. The molecule has 0 saturated carbocycles. The number of carbonyl (C=O) groups excluding carboxylic acids is 1. The number of carboxylic acid groups (broad SMARTS) is 1. The fourth-order valence-electron chi connectivity index (χ4n) is 1.48. The number of aromatic carboxylic acids is 1. The van der Waals surface area contributed by atoms with E-state index < -0.39 is 11.9 Å². The van der Waals surface area contributed by atoms with Crippen LogP contribution in [-0.2, 0) is 9.53 Å². The zero-order chi connectivity index (χ0) is 15.1. The van der Waals surface area contributed by atoms with Crippen molar-refractivity contribution < 1.29 is 33.6 Å². The van der Waals surface area contributed by atoms with Crippen LogP contribution in [0.25, 0.3) is 0 Å². The molecule has 0 unspecified atom stereocenters. The number of benzene rings is 1. The molecule has 0 atom stereocenters. The number of hydrogen-bond donors (Lipinski definition) is 1. The number of ether oxygens (including phenoxy) is 4. The highest BCUT2D eigenvalue weighted by molar-refractivity contribution is 5.89. The van der Waals surface area contributed by atoms with E-state index in [1.807, 2.05) is 0 Å². The summed E-state index contributed by atoms with van der Waals surface area (Å²) in [6.45, 7) is 1.60. The van der Waals surface area contributed by atoms with Gasteiger partial charge in [0.15, 0.2) is 18.1 Å². The topological polar surface area (TPSA) is 91.3 Å². The Balaban J connectivity index is 3.04. The van der Waals surface area contributed by atoms with E-state index in [4.69, 9.17) is 24.1 Å². The number of methoxy groups -OCH3 is 2. The van der Waals surface area contributed by atoms with Gasteiger partial charge in [0.25, 0.3) is 0 Å². The van der Waals surface area contributed by atoms with E-state index in [0.29, 0.717) is 0 Å². The number of hydrogen-bond acceptors (Lipinski definition) is 6. The lowest BCUT2D eigenvalue weighted by Crippen LogP contribution is -2.15. The minimum Gasteiger partial charge on any atom is -0.493 e. The second-order valence-corrected chi connectivity index (χ2v) is 3.61. The fraction of sp³-hybridized carbons (Fsp3) is 0.385. The Kier molecular flexibility index (Phi) is 5.64. The van der Waals surface area contributed by atoms with E-state index in [1.54, 1.807) is 6.92 Å². The molecule has 0 saturated heterocycles. The number of carboxylic acids is 1. The van der Waals surface area contributed by atoms with Crippen LogP contribution < -0.4 is 14.2 Å². The van der Waals surface area contributed by atoms with E-state index in [1.165, 1.54) is 26.4 Å². The molecular weight excluding hydrogens is 268 g/mol. The molecule has 0 aliphatic rings. The van der Waals surface area contributed by atoms with Crippen molar-refractivity contribution in [2.45, 2.75) is 6.92 Å². The summed E-state index contributed by atoms with van der Waals surface area (Å²) in [5.41, 5.74) is -0.0119. The Morgan fingerprint density at radius 1 is 1.15 bits per heavy atom. The second kappa shape index (κ2) is 7.22. The van der Waals surface area contributed by atoms with Crippen LogP contribution in [0.5, 0.6) is 17.2 Å². The SMILES string of the molecule is CCOC(=O)COc1c(OC)cc(C(=O)O)cc1OC. The molecule has 0 fully saturated rings. The molecule has 0 bridgehead atoms. The quantitative estimate of drug-likeness (QED) is 0.755. The van der Waals surface area contributed by atoms with Gasteiger partial charge in [0.2, 0.25) is 5.75 Å². The van der Waals surface area contributed by atoms with Crippen molar-refractivity contribution in [3.63, 3.8) is 0 Å². The van der Waals surface area contributed by atoms with Gasteiger partial charge in [-0.2, -0.15) is 0 Å². The molecule has 110 valence electrons. The summed E-state index contributed by atoms with van der Waals surface area (Å²) in [5.74, 6) is -1.21. The molecule has 0 aliphatic carbocycles. The standard InChI is InChI=1S/C13H16O7/c1-4-19-11(14)7-20-12-9(17-2)5-8(13(15)16)6-10(12)18-3/h5-6H,4,7H2,1-3H3,(H,15,16). The van der Waals surface area contributed by atoms with Crippen molar-refractivity contribution in [2.75, 3.05) is 27.4 Å². The monoisotopic (exact) mass is 284 g/mol. The van der Waals surface area contributed by atoms with Crippen LogP contribution in [0.3, 0.4) is 0 Å². The molecule has 20 heavy (non-hydrogen) atoms. The molecule has 7 heteroatoms. The summed E-state index contributed by atoms with van der Waals surface area (Å²) in [5, 5.41) is 8.98. The normalized spacial score (nSPS) is 9.75. The molecule has 1 aromatic carbocycles. The molecule has 0 spiro atoms. The first-order valence-electron chi connectivity index (χ1n) is 5.81. The Morgan fingerprint density at radius 2 is 1.70 bits per heavy atom. The van der Waals surface area contributed by atoms with Crippen molar-refractivity contribution in [2.24, 2.45) is 0 Å². The zero-order valence-electron chi connectivity index (χ0n) is 11.5. The number of rotatable bonds is 7. The van der Waals surface area contributed by atoms with Crippen LogP contribution in [0.2, 0.25) is 0 Å². The smallest absolute Gasteiger partial charge is 0.344 e. The van der Waals surface area contributed by atoms with Crippen LogP contribution in [0.1, 0.15) is 17.3 Å². The highest BCUT2D eigenvalue weighted by atomic mass is 16.6. The summed E-state index contributed by atoms with van der Waals surface area (Å²) in [6.07, 6.45) is 0. The maximum absolute atomic E-state index is 11.3. The lowest BCUT2D eigenvalue weighted by atomic mass is 10.2. The third-order valence-corrected chi connectivity index (χ3v) is 2.35. The summed E-state index contributed by atoms with van der Waals surface area (Å²) < 4.78 is 20.1. The van der Waals surface area contributed by atoms with E-state index in [0.717, 1.165) is 0 Å². The van der Waals surface area contributed by atoms with Gasteiger partial charge < -0.3 is 24.1 Å². The molecule has 0 amide bonds. The van der Waals surface area contributed by atoms with Gasteiger partial charge in [-0.25, -0.2) is 9.59 Å². The van der Waals surface area contributed by atoms with E-state index in [-0.39, 0.29) is 36.0 Å². The predicted octanol–water partition coefficient (Wildman–Crippen LogP) is 1.34. The number of esters is 1. The molecule has 1 N–H and O–H groups in total. The summed E-state index contributed by atoms with van der Waals surface area (Å²) in [4.78, 5) is 22.2. The largest absolute Gasteiger partial charge is 0.493 e. The Morgan fingerprint density at radius 3 is 2.10 bits per heavy atom. The highest BCUT2D eigenvalue weighted by Gasteiger charge is 2.18. The average molecular weight is 284 g/mol. The minimum atomic E-state index is -1.13. The van der Waals surface area contributed by atoms with Crippen LogP contribution in [0.4, 0.5) is 0 Å². The van der Waals surface area contributed by atoms with Gasteiger partial charge in [0, 0.05) is 0 Å². The van der Waals surface area contributed by atoms with Gasteiger partial charge in [0.05, 0.1) is 26.4 Å². The fourth-order valence-corrected chi connectivity index (χ4v) is 1.48. The van der Waals surface area contributed by atoms with Crippen molar-refractivity contribution in [3.8, 4) is 17.2 Å². The molecule has 0 aliphatic heterocycles. The first-order chi connectivity index (χ1) is 9.53. The highest BCUT2D eigenvalue weighted by Crippen LogP contribution is 2.38. The zero-order valence-corrected chi connectivity index (χ0v) is 11.5. The Labute approximate surface area is 116 Å². The summed E-state index contributed by atoms with van der Waals surface area (Å²) in [6, 6.07) is 2.57. The van der Waals surface area contributed by atoms with E-state index >= 15 is 0 Å². The molecular formula is C13H16O7. The first-order valence-corrected chi connectivity index (χ1v) is 5.81. The van der Waals surface area contributed by atoms with Crippen molar-refractivity contribution in [3.05, 3.63) is 17.7 Å². The summed E-state index contributed by atoms with van der Waals surface area (Å²) >= 11 is 0. The maximum Gasteiger partial charge on any atom is 0.344 e. The average Bonchev–Trinajstić information content (AvgIpc) is 2.44. The van der Waals surface area contributed by atoms with Crippen LogP contribution in [0.15, 0.2) is 12.1 Å². The second-order valence-electron chi connectivity index (χ2n) is 3.61. The predicted molar refractivity (Wildman–Crippen MR) is 68.6 cm³/mol. The minimum absolute atomic E-state index is 0.0119.